The summed E-state index contributed by atoms with van der Waals surface area (Å²) < 4.78 is 0. The molecule has 6 nitrogen and oxygen atoms in total. The van der Waals surface area contributed by atoms with Crippen molar-refractivity contribution in [2.75, 3.05) is 33.2 Å². The zero-order valence-corrected chi connectivity index (χ0v) is 12.9. The standard InChI is InChI=1S/C15H26N4O2/c1-3-19(11-9-16-2)10-5-4-6-13-7-8-15(20)14(18-13)12-17-21/h7-8,12,16,20-21H,3-6,9-11H2,1-2H3/b17-12+. The quantitative estimate of drug-likeness (QED) is 0.263. The van der Waals surface area contributed by atoms with Gasteiger partial charge in [0.2, 0.25) is 0 Å². The van der Waals surface area contributed by atoms with E-state index in [1.807, 2.05) is 13.1 Å². The molecule has 0 spiro atoms. The second-order valence-corrected chi connectivity index (χ2v) is 4.95. The van der Waals surface area contributed by atoms with Crippen LogP contribution in [0, 0.1) is 0 Å². The second-order valence-electron chi connectivity index (χ2n) is 4.95. The molecular formula is C15H26N4O2. The molecule has 0 aliphatic heterocycles. The molecule has 0 saturated carbocycles. The van der Waals surface area contributed by atoms with Gasteiger partial charge in [0.15, 0.2) is 0 Å². The number of aromatic hydroxyl groups is 1. The molecule has 0 aromatic carbocycles. The molecule has 1 heterocycles. The van der Waals surface area contributed by atoms with Gasteiger partial charge in [-0.3, -0.25) is 0 Å². The lowest BCUT2D eigenvalue weighted by molar-refractivity contribution is 0.283. The molecule has 1 aromatic heterocycles. The van der Waals surface area contributed by atoms with E-state index in [0.717, 1.165) is 57.4 Å². The van der Waals surface area contributed by atoms with E-state index in [1.54, 1.807) is 6.07 Å². The third-order valence-electron chi connectivity index (χ3n) is 3.42. The second kappa shape index (κ2) is 10.1. The first-order valence-electron chi connectivity index (χ1n) is 7.44. The Bertz CT molecular complexity index is 438. The molecule has 118 valence electrons. The van der Waals surface area contributed by atoms with E-state index in [9.17, 15) is 5.11 Å². The van der Waals surface area contributed by atoms with Crippen molar-refractivity contribution in [2.45, 2.75) is 26.2 Å². The van der Waals surface area contributed by atoms with Crippen molar-refractivity contribution in [3.8, 4) is 5.75 Å². The van der Waals surface area contributed by atoms with E-state index in [2.05, 4.69) is 27.3 Å². The lowest BCUT2D eigenvalue weighted by Gasteiger charge is -2.19. The molecule has 0 unspecified atom stereocenters. The van der Waals surface area contributed by atoms with Gasteiger partial charge in [-0.05, 0) is 51.5 Å². The Labute approximate surface area is 126 Å². The highest BCUT2D eigenvalue weighted by atomic mass is 16.4. The summed E-state index contributed by atoms with van der Waals surface area (Å²) in [6.45, 7) is 6.41. The van der Waals surface area contributed by atoms with Crippen LogP contribution in [0.25, 0.3) is 0 Å². The van der Waals surface area contributed by atoms with Gasteiger partial charge in [0.05, 0.1) is 6.21 Å². The lowest BCUT2D eigenvalue weighted by Crippen LogP contribution is -2.31. The third kappa shape index (κ3) is 6.55. The predicted molar refractivity (Wildman–Crippen MR) is 84.3 cm³/mol. The van der Waals surface area contributed by atoms with E-state index in [0.29, 0.717) is 5.69 Å². The van der Waals surface area contributed by atoms with Gasteiger partial charge in [-0.2, -0.15) is 0 Å². The Hall–Kier alpha value is -1.66. The summed E-state index contributed by atoms with van der Waals surface area (Å²) in [6, 6.07) is 3.40. The highest BCUT2D eigenvalue weighted by molar-refractivity contribution is 5.80. The van der Waals surface area contributed by atoms with Crippen LogP contribution in [0.1, 0.15) is 31.2 Å². The maximum Gasteiger partial charge on any atom is 0.142 e. The van der Waals surface area contributed by atoms with Gasteiger partial charge >= 0.3 is 0 Å². The van der Waals surface area contributed by atoms with Crippen LogP contribution in [0.15, 0.2) is 17.3 Å². The van der Waals surface area contributed by atoms with Crippen LogP contribution >= 0.6 is 0 Å². The highest BCUT2D eigenvalue weighted by Gasteiger charge is 2.04. The molecule has 0 fully saturated rings. The minimum atomic E-state index is 0.0285. The summed E-state index contributed by atoms with van der Waals surface area (Å²) in [5, 5.41) is 24.1. The summed E-state index contributed by atoms with van der Waals surface area (Å²) in [4.78, 5) is 6.69. The van der Waals surface area contributed by atoms with Gasteiger partial charge in [0.1, 0.15) is 11.4 Å². The number of nitrogens with zero attached hydrogens (tertiary/aromatic N) is 3. The Morgan fingerprint density at radius 1 is 1.33 bits per heavy atom. The first-order valence-corrected chi connectivity index (χ1v) is 7.44. The molecule has 6 heteroatoms. The molecular weight excluding hydrogens is 268 g/mol. The number of aryl methyl sites for hydroxylation is 1. The summed E-state index contributed by atoms with van der Waals surface area (Å²) >= 11 is 0. The summed E-state index contributed by atoms with van der Waals surface area (Å²) in [6.07, 6.45) is 4.17. The normalized spacial score (nSPS) is 11.6. The fourth-order valence-electron chi connectivity index (χ4n) is 2.14. The van der Waals surface area contributed by atoms with Crippen LogP contribution in [-0.2, 0) is 6.42 Å². The summed E-state index contributed by atoms with van der Waals surface area (Å²) in [5.41, 5.74) is 1.21. The fraction of sp³-hybridized carbons (Fsp3) is 0.600. The number of nitrogens with one attached hydrogen (secondary N) is 1. The molecule has 1 rings (SSSR count). The summed E-state index contributed by atoms with van der Waals surface area (Å²) in [7, 11) is 1.97. The van der Waals surface area contributed by atoms with Gasteiger partial charge in [-0.15, -0.1) is 0 Å². The molecule has 0 radical (unpaired) electrons. The van der Waals surface area contributed by atoms with Crippen molar-refractivity contribution in [3.63, 3.8) is 0 Å². The molecule has 0 saturated heterocycles. The minimum absolute atomic E-state index is 0.0285. The van der Waals surface area contributed by atoms with Crippen molar-refractivity contribution in [2.24, 2.45) is 5.16 Å². The van der Waals surface area contributed by atoms with Gasteiger partial charge in [-0.1, -0.05) is 12.1 Å². The Balaban J connectivity index is 2.36. The van der Waals surface area contributed by atoms with Crippen molar-refractivity contribution in [3.05, 3.63) is 23.5 Å². The largest absolute Gasteiger partial charge is 0.506 e. The fourth-order valence-corrected chi connectivity index (χ4v) is 2.14. The van der Waals surface area contributed by atoms with E-state index in [-0.39, 0.29) is 5.75 Å². The first kappa shape index (κ1) is 17.4. The van der Waals surface area contributed by atoms with Crippen molar-refractivity contribution >= 4 is 6.21 Å². The molecule has 0 aliphatic rings. The Morgan fingerprint density at radius 2 is 2.14 bits per heavy atom. The average Bonchev–Trinajstić information content (AvgIpc) is 2.50. The van der Waals surface area contributed by atoms with Crippen LogP contribution in [0.5, 0.6) is 5.75 Å². The number of pyridine rings is 1. The Morgan fingerprint density at radius 3 is 2.81 bits per heavy atom. The van der Waals surface area contributed by atoms with E-state index >= 15 is 0 Å². The number of hydrogen-bond donors (Lipinski definition) is 3. The maximum absolute atomic E-state index is 9.55. The molecule has 0 amide bonds. The molecule has 0 atom stereocenters. The van der Waals surface area contributed by atoms with Crippen LogP contribution in [0.2, 0.25) is 0 Å². The number of rotatable bonds is 10. The van der Waals surface area contributed by atoms with Crippen molar-refractivity contribution in [1.82, 2.24) is 15.2 Å². The van der Waals surface area contributed by atoms with Gasteiger partial charge < -0.3 is 20.5 Å². The highest BCUT2D eigenvalue weighted by Crippen LogP contribution is 2.14. The van der Waals surface area contributed by atoms with Crippen molar-refractivity contribution < 1.29 is 10.3 Å². The molecule has 0 aliphatic carbocycles. The predicted octanol–water partition coefficient (Wildman–Crippen LogP) is 1.46. The maximum atomic E-state index is 9.55. The monoisotopic (exact) mass is 294 g/mol. The average molecular weight is 294 g/mol. The first-order chi connectivity index (χ1) is 10.2. The van der Waals surface area contributed by atoms with Gasteiger partial charge in [0.25, 0.3) is 0 Å². The van der Waals surface area contributed by atoms with E-state index in [1.165, 1.54) is 0 Å². The molecule has 0 bridgehead atoms. The van der Waals surface area contributed by atoms with Crippen LogP contribution in [-0.4, -0.2) is 59.6 Å². The molecule has 3 N–H and O–H groups in total. The van der Waals surface area contributed by atoms with Crippen molar-refractivity contribution in [1.29, 1.82) is 0 Å². The molecule has 1 aromatic rings. The van der Waals surface area contributed by atoms with Crippen LogP contribution in [0.4, 0.5) is 0 Å². The Kier molecular flexibility index (Phi) is 8.38. The van der Waals surface area contributed by atoms with Crippen LogP contribution < -0.4 is 5.32 Å². The lowest BCUT2D eigenvalue weighted by atomic mass is 10.1. The SMILES string of the molecule is CCN(CCCCc1ccc(O)c(/C=N/O)n1)CCNC. The van der Waals surface area contributed by atoms with E-state index < -0.39 is 0 Å². The number of unbranched alkanes of at least 4 members (excludes halogenated alkanes) is 1. The topological polar surface area (TPSA) is 81.0 Å². The number of oxime groups is 1. The molecule has 21 heavy (non-hydrogen) atoms. The van der Waals surface area contributed by atoms with Crippen LogP contribution in [0.3, 0.4) is 0 Å². The van der Waals surface area contributed by atoms with Gasteiger partial charge in [0, 0.05) is 18.8 Å². The zero-order valence-electron chi connectivity index (χ0n) is 12.9. The number of likely N-dealkylation sites (N-methyl/N-ethyl adjacent to an activating group) is 2. The minimum Gasteiger partial charge on any atom is -0.506 e. The van der Waals surface area contributed by atoms with E-state index in [4.69, 9.17) is 5.21 Å². The number of hydrogen-bond acceptors (Lipinski definition) is 6. The third-order valence-corrected chi connectivity index (χ3v) is 3.42. The smallest absolute Gasteiger partial charge is 0.142 e. The van der Waals surface area contributed by atoms with Gasteiger partial charge in [-0.25, -0.2) is 4.98 Å². The summed E-state index contributed by atoms with van der Waals surface area (Å²) in [5.74, 6) is 0.0285. The zero-order chi connectivity index (χ0) is 15.5. The number of aromatic nitrogens is 1.